The van der Waals surface area contributed by atoms with Gasteiger partial charge in [0.2, 0.25) is 5.91 Å². The predicted octanol–water partition coefficient (Wildman–Crippen LogP) is 3.85. The Bertz CT molecular complexity index is 705. The molecule has 1 fully saturated rings. The Morgan fingerprint density at radius 1 is 1.16 bits per heavy atom. The zero-order valence-electron chi connectivity index (χ0n) is 15.2. The van der Waals surface area contributed by atoms with Gasteiger partial charge in [0.25, 0.3) is 0 Å². The highest BCUT2D eigenvalue weighted by Crippen LogP contribution is 2.27. The molecule has 1 aliphatic rings. The molecule has 0 aliphatic carbocycles. The number of hydrogen-bond acceptors (Lipinski definition) is 4. The summed E-state index contributed by atoms with van der Waals surface area (Å²) in [5.74, 6) is 1.48. The standard InChI is InChI=1S/C19H26N4OS/c1-4-22-18(16-11-6-5-7-12-16)20-21-19(22)25-13-17(24)23-14(2)9-8-10-15(23)3/h5-7,11-12,14-15H,4,8-10,13H2,1-3H3/t14-,15+. The van der Waals surface area contributed by atoms with Gasteiger partial charge < -0.3 is 9.47 Å². The maximum atomic E-state index is 12.7. The topological polar surface area (TPSA) is 51.0 Å². The number of amides is 1. The Hall–Kier alpha value is -1.82. The quantitative estimate of drug-likeness (QED) is 0.762. The van der Waals surface area contributed by atoms with Crippen LogP contribution < -0.4 is 0 Å². The summed E-state index contributed by atoms with van der Waals surface area (Å²) in [6, 6.07) is 10.7. The van der Waals surface area contributed by atoms with Crippen LogP contribution in [0.5, 0.6) is 0 Å². The molecule has 1 saturated heterocycles. The van der Waals surface area contributed by atoms with E-state index in [-0.39, 0.29) is 5.91 Å². The summed E-state index contributed by atoms with van der Waals surface area (Å²) in [5, 5.41) is 9.48. The van der Waals surface area contributed by atoms with Gasteiger partial charge in [-0.3, -0.25) is 4.79 Å². The van der Waals surface area contributed by atoms with E-state index >= 15 is 0 Å². The highest BCUT2D eigenvalue weighted by atomic mass is 32.2. The number of aromatic nitrogens is 3. The third kappa shape index (κ3) is 3.89. The average Bonchev–Trinajstić information content (AvgIpc) is 3.03. The molecule has 2 atom stereocenters. The molecule has 0 radical (unpaired) electrons. The maximum absolute atomic E-state index is 12.7. The van der Waals surface area contributed by atoms with Gasteiger partial charge in [-0.05, 0) is 40.0 Å². The van der Waals surface area contributed by atoms with Crippen LogP contribution in [0.15, 0.2) is 35.5 Å². The first-order chi connectivity index (χ1) is 12.1. The molecule has 2 aromatic rings. The van der Waals surface area contributed by atoms with Gasteiger partial charge >= 0.3 is 0 Å². The van der Waals surface area contributed by atoms with E-state index in [0.29, 0.717) is 17.8 Å². The first kappa shape index (κ1) is 18.0. The van der Waals surface area contributed by atoms with E-state index < -0.39 is 0 Å². The van der Waals surface area contributed by atoms with Crippen molar-refractivity contribution in [1.82, 2.24) is 19.7 Å². The van der Waals surface area contributed by atoms with Crippen molar-refractivity contribution >= 4 is 17.7 Å². The van der Waals surface area contributed by atoms with Crippen molar-refractivity contribution in [2.24, 2.45) is 0 Å². The first-order valence-electron chi connectivity index (χ1n) is 9.04. The first-order valence-corrected chi connectivity index (χ1v) is 10.0. The smallest absolute Gasteiger partial charge is 0.233 e. The maximum Gasteiger partial charge on any atom is 0.233 e. The number of benzene rings is 1. The summed E-state index contributed by atoms with van der Waals surface area (Å²) >= 11 is 1.49. The second kappa shape index (κ2) is 8.04. The van der Waals surface area contributed by atoms with E-state index in [1.165, 1.54) is 18.2 Å². The molecule has 1 amide bonds. The number of nitrogens with zero attached hydrogens (tertiary/aromatic N) is 4. The number of hydrogen-bond donors (Lipinski definition) is 0. The molecule has 0 N–H and O–H groups in total. The molecule has 0 saturated carbocycles. The number of piperidine rings is 1. The third-order valence-electron chi connectivity index (χ3n) is 4.87. The molecule has 1 aromatic heterocycles. The van der Waals surface area contributed by atoms with Crippen molar-refractivity contribution in [2.45, 2.75) is 63.8 Å². The molecule has 0 bridgehead atoms. The predicted molar refractivity (Wildman–Crippen MR) is 101 cm³/mol. The number of thioether (sulfide) groups is 1. The molecule has 134 valence electrons. The highest BCUT2D eigenvalue weighted by Gasteiger charge is 2.29. The number of rotatable bonds is 5. The van der Waals surface area contributed by atoms with Crippen LogP contribution in [-0.4, -0.2) is 43.4 Å². The molecular formula is C19H26N4OS. The van der Waals surface area contributed by atoms with Crippen molar-refractivity contribution < 1.29 is 4.79 Å². The molecule has 3 rings (SSSR count). The minimum Gasteiger partial charge on any atom is -0.337 e. The fourth-order valence-electron chi connectivity index (χ4n) is 3.60. The van der Waals surface area contributed by atoms with E-state index in [9.17, 15) is 4.79 Å². The largest absolute Gasteiger partial charge is 0.337 e. The van der Waals surface area contributed by atoms with Crippen LogP contribution in [0.3, 0.4) is 0 Å². The van der Waals surface area contributed by atoms with E-state index in [4.69, 9.17) is 0 Å². The average molecular weight is 359 g/mol. The van der Waals surface area contributed by atoms with Crippen LogP contribution in [0, 0.1) is 0 Å². The third-order valence-corrected chi connectivity index (χ3v) is 5.82. The summed E-state index contributed by atoms with van der Waals surface area (Å²) in [7, 11) is 0. The second-order valence-electron chi connectivity index (χ2n) is 6.64. The van der Waals surface area contributed by atoms with Crippen molar-refractivity contribution in [3.63, 3.8) is 0 Å². The van der Waals surface area contributed by atoms with Gasteiger partial charge in [0.1, 0.15) is 0 Å². The van der Waals surface area contributed by atoms with Gasteiger partial charge in [-0.15, -0.1) is 10.2 Å². The van der Waals surface area contributed by atoms with Crippen LogP contribution in [-0.2, 0) is 11.3 Å². The summed E-state index contributed by atoms with van der Waals surface area (Å²) in [4.78, 5) is 14.8. The second-order valence-corrected chi connectivity index (χ2v) is 7.58. The van der Waals surface area contributed by atoms with Crippen molar-refractivity contribution in [3.8, 4) is 11.4 Å². The molecule has 1 aromatic carbocycles. The molecule has 0 spiro atoms. The SMILES string of the molecule is CCn1c(SCC(=O)N2[C@H](C)CCC[C@@H]2C)nnc1-c1ccccc1. The van der Waals surface area contributed by atoms with E-state index in [0.717, 1.165) is 35.9 Å². The number of likely N-dealkylation sites (tertiary alicyclic amines) is 1. The molecule has 1 aliphatic heterocycles. The van der Waals surface area contributed by atoms with Gasteiger partial charge in [-0.25, -0.2) is 0 Å². The Labute approximate surface area is 153 Å². The summed E-state index contributed by atoms with van der Waals surface area (Å²) in [6.07, 6.45) is 3.41. The van der Waals surface area contributed by atoms with Gasteiger partial charge in [0.05, 0.1) is 5.75 Å². The zero-order chi connectivity index (χ0) is 17.8. The minimum atomic E-state index is 0.205. The van der Waals surface area contributed by atoms with Crippen LogP contribution in [0.1, 0.15) is 40.0 Å². The number of carbonyl (C=O) groups is 1. The van der Waals surface area contributed by atoms with Crippen molar-refractivity contribution in [1.29, 1.82) is 0 Å². The van der Waals surface area contributed by atoms with Crippen molar-refractivity contribution in [2.75, 3.05) is 5.75 Å². The fourth-order valence-corrected chi connectivity index (χ4v) is 4.47. The molecule has 6 heteroatoms. The van der Waals surface area contributed by atoms with Crippen LogP contribution in [0.2, 0.25) is 0 Å². The monoisotopic (exact) mass is 358 g/mol. The molecule has 2 heterocycles. The fraction of sp³-hybridized carbons (Fsp3) is 0.526. The summed E-state index contributed by atoms with van der Waals surface area (Å²) in [5.41, 5.74) is 1.05. The van der Waals surface area contributed by atoms with Crippen molar-refractivity contribution in [3.05, 3.63) is 30.3 Å². The molecule has 0 unspecified atom stereocenters. The molecule has 25 heavy (non-hydrogen) atoms. The Morgan fingerprint density at radius 2 is 1.84 bits per heavy atom. The summed E-state index contributed by atoms with van der Waals surface area (Å²) < 4.78 is 2.08. The van der Waals surface area contributed by atoms with E-state index in [2.05, 4.69) is 40.4 Å². The zero-order valence-corrected chi connectivity index (χ0v) is 16.0. The van der Waals surface area contributed by atoms with Gasteiger partial charge in [-0.2, -0.15) is 0 Å². The van der Waals surface area contributed by atoms with Crippen LogP contribution in [0.25, 0.3) is 11.4 Å². The normalized spacial score (nSPS) is 20.7. The van der Waals surface area contributed by atoms with Crippen LogP contribution >= 0.6 is 11.8 Å². The Balaban J connectivity index is 1.71. The number of carbonyl (C=O) groups excluding carboxylic acids is 1. The van der Waals surface area contributed by atoms with E-state index in [1.54, 1.807) is 0 Å². The van der Waals surface area contributed by atoms with Gasteiger partial charge in [0.15, 0.2) is 11.0 Å². The van der Waals surface area contributed by atoms with Gasteiger partial charge in [0, 0.05) is 24.2 Å². The lowest BCUT2D eigenvalue weighted by molar-refractivity contribution is -0.134. The lowest BCUT2D eigenvalue weighted by Gasteiger charge is -2.39. The Morgan fingerprint density at radius 3 is 2.48 bits per heavy atom. The van der Waals surface area contributed by atoms with Gasteiger partial charge in [-0.1, -0.05) is 42.1 Å². The van der Waals surface area contributed by atoms with Crippen LogP contribution in [0.4, 0.5) is 0 Å². The minimum absolute atomic E-state index is 0.205. The molecular weight excluding hydrogens is 332 g/mol. The lowest BCUT2D eigenvalue weighted by atomic mass is 9.98. The van der Waals surface area contributed by atoms with E-state index in [1.807, 2.05) is 30.3 Å². The highest BCUT2D eigenvalue weighted by molar-refractivity contribution is 7.99. The molecule has 5 nitrogen and oxygen atoms in total. The lowest BCUT2D eigenvalue weighted by Crippen LogP contribution is -2.48. The summed E-state index contributed by atoms with van der Waals surface area (Å²) in [6.45, 7) is 7.17. The Kier molecular flexibility index (Phi) is 5.78.